The molecule has 1 aromatic carbocycles. The number of hydrogen-bond donors (Lipinski definition) is 1. The second kappa shape index (κ2) is 5.83. The van der Waals surface area contributed by atoms with Crippen molar-refractivity contribution >= 4 is 0 Å². The van der Waals surface area contributed by atoms with Crippen LogP contribution in [0.2, 0.25) is 0 Å². The zero-order valence-electron chi connectivity index (χ0n) is 11.5. The summed E-state index contributed by atoms with van der Waals surface area (Å²) in [7, 11) is 2.18. The molecule has 1 aromatic rings. The van der Waals surface area contributed by atoms with Crippen molar-refractivity contribution in [2.75, 3.05) is 26.8 Å². The van der Waals surface area contributed by atoms with E-state index < -0.39 is 0 Å². The van der Waals surface area contributed by atoms with Gasteiger partial charge in [-0.2, -0.15) is 0 Å². The van der Waals surface area contributed by atoms with Crippen molar-refractivity contribution in [3.63, 3.8) is 0 Å². The predicted molar refractivity (Wildman–Crippen MR) is 74.5 cm³/mol. The average Bonchev–Trinajstić information content (AvgIpc) is 2.42. The molecule has 100 valence electrons. The molecule has 0 saturated carbocycles. The molecular formula is C15H24N2O. The zero-order chi connectivity index (χ0) is 13.0. The molecule has 0 spiro atoms. The molecule has 0 unspecified atom stereocenters. The van der Waals surface area contributed by atoms with E-state index in [2.05, 4.69) is 43.1 Å². The lowest BCUT2D eigenvalue weighted by atomic mass is 9.88. The molecule has 2 N–H and O–H groups in total. The van der Waals surface area contributed by atoms with Crippen LogP contribution in [0.25, 0.3) is 0 Å². The topological polar surface area (TPSA) is 38.5 Å². The summed E-state index contributed by atoms with van der Waals surface area (Å²) in [5.41, 5.74) is 8.79. The van der Waals surface area contributed by atoms with Crippen molar-refractivity contribution in [1.82, 2.24) is 4.90 Å². The monoisotopic (exact) mass is 248 g/mol. The molecule has 3 nitrogen and oxygen atoms in total. The van der Waals surface area contributed by atoms with E-state index in [1.807, 2.05) is 0 Å². The highest BCUT2D eigenvalue weighted by molar-refractivity contribution is 5.21. The van der Waals surface area contributed by atoms with Crippen LogP contribution in [0.4, 0.5) is 0 Å². The lowest BCUT2D eigenvalue weighted by molar-refractivity contribution is -0.0163. The van der Waals surface area contributed by atoms with Crippen molar-refractivity contribution in [3.8, 4) is 0 Å². The molecule has 3 heteroatoms. The van der Waals surface area contributed by atoms with Crippen LogP contribution < -0.4 is 5.73 Å². The molecule has 0 aliphatic carbocycles. The number of hydrogen-bond acceptors (Lipinski definition) is 3. The molecule has 2 rings (SSSR count). The van der Waals surface area contributed by atoms with E-state index in [4.69, 9.17) is 10.5 Å². The third-order valence-corrected chi connectivity index (χ3v) is 4.15. The lowest BCUT2D eigenvalue weighted by Gasteiger charge is -2.44. The van der Waals surface area contributed by atoms with Crippen molar-refractivity contribution in [3.05, 3.63) is 35.4 Å². The van der Waals surface area contributed by atoms with Gasteiger partial charge in [-0.25, -0.2) is 0 Å². The van der Waals surface area contributed by atoms with Crippen LogP contribution in [-0.4, -0.2) is 37.2 Å². The Kier molecular flexibility index (Phi) is 4.38. The SMILES string of the molecule is Cc1ccc(CN(C)C2(CN)CCOCC2)cc1. The van der Waals surface area contributed by atoms with Gasteiger partial charge in [0.1, 0.15) is 0 Å². The largest absolute Gasteiger partial charge is 0.381 e. The summed E-state index contributed by atoms with van der Waals surface area (Å²) in [6.07, 6.45) is 2.07. The Morgan fingerprint density at radius 2 is 1.83 bits per heavy atom. The highest BCUT2D eigenvalue weighted by Crippen LogP contribution is 2.27. The molecule has 0 amide bonds. The van der Waals surface area contributed by atoms with Gasteiger partial charge >= 0.3 is 0 Å². The standard InChI is InChI=1S/C15H24N2O/c1-13-3-5-14(6-4-13)11-17(2)15(12-16)7-9-18-10-8-15/h3-6H,7-12,16H2,1-2H3. The van der Waals surface area contributed by atoms with E-state index in [0.29, 0.717) is 6.54 Å². The Morgan fingerprint density at radius 3 is 2.39 bits per heavy atom. The molecule has 18 heavy (non-hydrogen) atoms. The van der Waals surface area contributed by atoms with Crippen LogP contribution in [0.5, 0.6) is 0 Å². The highest BCUT2D eigenvalue weighted by atomic mass is 16.5. The fourth-order valence-corrected chi connectivity index (χ4v) is 2.63. The van der Waals surface area contributed by atoms with Gasteiger partial charge in [0, 0.05) is 31.8 Å². The number of rotatable bonds is 4. The molecule has 1 aliphatic heterocycles. The highest BCUT2D eigenvalue weighted by Gasteiger charge is 2.35. The molecule has 1 heterocycles. The number of nitrogens with zero attached hydrogens (tertiary/aromatic N) is 1. The average molecular weight is 248 g/mol. The van der Waals surface area contributed by atoms with Gasteiger partial charge in [0.25, 0.3) is 0 Å². The number of nitrogens with two attached hydrogens (primary N) is 1. The van der Waals surface area contributed by atoms with Crippen molar-refractivity contribution < 1.29 is 4.74 Å². The van der Waals surface area contributed by atoms with Gasteiger partial charge in [-0.1, -0.05) is 29.8 Å². The quantitative estimate of drug-likeness (QED) is 0.885. The number of benzene rings is 1. The summed E-state index contributed by atoms with van der Waals surface area (Å²) in [5.74, 6) is 0. The summed E-state index contributed by atoms with van der Waals surface area (Å²) in [5, 5.41) is 0. The van der Waals surface area contributed by atoms with Gasteiger partial charge < -0.3 is 10.5 Å². The molecule has 0 radical (unpaired) electrons. The minimum Gasteiger partial charge on any atom is -0.381 e. The lowest BCUT2D eigenvalue weighted by Crippen LogP contribution is -2.54. The Hall–Kier alpha value is -0.900. The van der Waals surface area contributed by atoms with Crippen LogP contribution in [-0.2, 0) is 11.3 Å². The Morgan fingerprint density at radius 1 is 1.22 bits per heavy atom. The maximum atomic E-state index is 6.02. The fourth-order valence-electron chi connectivity index (χ4n) is 2.63. The third kappa shape index (κ3) is 2.91. The first-order valence-corrected chi connectivity index (χ1v) is 6.71. The molecular weight excluding hydrogens is 224 g/mol. The maximum Gasteiger partial charge on any atom is 0.0484 e. The van der Waals surface area contributed by atoms with Gasteiger partial charge in [0.05, 0.1) is 0 Å². The fraction of sp³-hybridized carbons (Fsp3) is 0.600. The number of aryl methyl sites for hydroxylation is 1. The molecule has 0 atom stereocenters. The van der Waals surface area contributed by atoms with Crippen LogP contribution in [0, 0.1) is 6.92 Å². The zero-order valence-corrected chi connectivity index (χ0v) is 11.5. The summed E-state index contributed by atoms with van der Waals surface area (Å²) >= 11 is 0. The maximum absolute atomic E-state index is 6.02. The van der Waals surface area contributed by atoms with Crippen LogP contribution >= 0.6 is 0 Å². The number of likely N-dealkylation sites (N-methyl/N-ethyl adjacent to an activating group) is 1. The molecule has 1 aliphatic rings. The van der Waals surface area contributed by atoms with Crippen molar-refractivity contribution in [2.24, 2.45) is 5.73 Å². The summed E-state index contributed by atoms with van der Waals surface area (Å²) in [6.45, 7) is 5.44. The van der Waals surface area contributed by atoms with E-state index in [1.54, 1.807) is 0 Å². The Balaban J connectivity index is 2.05. The van der Waals surface area contributed by atoms with E-state index >= 15 is 0 Å². The molecule has 0 bridgehead atoms. The molecule has 1 saturated heterocycles. The van der Waals surface area contributed by atoms with Crippen LogP contribution in [0.15, 0.2) is 24.3 Å². The minimum atomic E-state index is 0.114. The van der Waals surface area contributed by atoms with Crippen LogP contribution in [0.3, 0.4) is 0 Å². The first kappa shape index (κ1) is 13.5. The molecule has 0 aromatic heterocycles. The van der Waals surface area contributed by atoms with Crippen LogP contribution in [0.1, 0.15) is 24.0 Å². The third-order valence-electron chi connectivity index (χ3n) is 4.15. The second-order valence-corrected chi connectivity index (χ2v) is 5.38. The predicted octanol–water partition coefficient (Wildman–Crippen LogP) is 1.93. The van der Waals surface area contributed by atoms with E-state index in [9.17, 15) is 0 Å². The van der Waals surface area contributed by atoms with Gasteiger partial charge in [-0.15, -0.1) is 0 Å². The second-order valence-electron chi connectivity index (χ2n) is 5.38. The summed E-state index contributed by atoms with van der Waals surface area (Å²) in [6, 6.07) is 8.75. The first-order chi connectivity index (χ1) is 8.66. The van der Waals surface area contributed by atoms with Gasteiger partial charge in [0.2, 0.25) is 0 Å². The Bertz CT molecular complexity index is 369. The van der Waals surface area contributed by atoms with Crippen molar-refractivity contribution in [1.29, 1.82) is 0 Å². The van der Waals surface area contributed by atoms with E-state index in [0.717, 1.165) is 32.6 Å². The molecule has 1 fully saturated rings. The van der Waals surface area contributed by atoms with Crippen molar-refractivity contribution in [2.45, 2.75) is 31.8 Å². The first-order valence-electron chi connectivity index (χ1n) is 6.71. The summed E-state index contributed by atoms with van der Waals surface area (Å²) in [4.78, 5) is 2.40. The van der Waals surface area contributed by atoms with Gasteiger partial charge in [-0.05, 0) is 32.4 Å². The number of ether oxygens (including phenoxy) is 1. The van der Waals surface area contributed by atoms with E-state index in [-0.39, 0.29) is 5.54 Å². The van der Waals surface area contributed by atoms with E-state index in [1.165, 1.54) is 11.1 Å². The normalized spacial score (nSPS) is 19.1. The minimum absolute atomic E-state index is 0.114. The van der Waals surface area contributed by atoms with Gasteiger partial charge in [0.15, 0.2) is 0 Å². The van der Waals surface area contributed by atoms with Gasteiger partial charge in [-0.3, -0.25) is 4.90 Å². The Labute approximate surface area is 110 Å². The smallest absolute Gasteiger partial charge is 0.0484 e. The summed E-state index contributed by atoms with van der Waals surface area (Å²) < 4.78 is 5.46.